The fourth-order valence-electron chi connectivity index (χ4n) is 7.30. The Kier molecular flexibility index (Phi) is 6.99. The Labute approximate surface area is 186 Å². The summed E-state index contributed by atoms with van der Waals surface area (Å²) >= 11 is 0. The first-order valence-electron chi connectivity index (χ1n) is 11.6. The van der Waals surface area contributed by atoms with E-state index in [1.54, 1.807) is 7.05 Å². The predicted octanol–water partition coefficient (Wildman–Crippen LogP) is 3.40. The Hall–Kier alpha value is -1.69. The highest BCUT2D eigenvalue weighted by atomic mass is 16.5. The van der Waals surface area contributed by atoms with Gasteiger partial charge in [0.25, 0.3) is 0 Å². The van der Waals surface area contributed by atoms with Gasteiger partial charge >= 0.3 is 5.97 Å². The van der Waals surface area contributed by atoms with Gasteiger partial charge in [0.05, 0.1) is 6.54 Å². The average molecular weight is 433 g/mol. The lowest BCUT2D eigenvalue weighted by atomic mass is 9.47. The zero-order valence-corrected chi connectivity index (χ0v) is 18.6. The molecule has 4 aliphatic rings. The van der Waals surface area contributed by atoms with Gasteiger partial charge in [-0.15, -0.1) is 0 Å². The van der Waals surface area contributed by atoms with Gasteiger partial charge in [-0.05, 0) is 81.2 Å². The molecule has 2 N–H and O–H groups in total. The van der Waals surface area contributed by atoms with Crippen LogP contribution in [0.15, 0.2) is 11.6 Å². The molecule has 0 bridgehead atoms. The summed E-state index contributed by atoms with van der Waals surface area (Å²) in [5, 5.41) is 5.39. The molecule has 6 nitrogen and oxygen atoms in total. The summed E-state index contributed by atoms with van der Waals surface area (Å²) in [6.45, 7) is 4.84. The van der Waals surface area contributed by atoms with Crippen LogP contribution in [0, 0.1) is 28.6 Å². The summed E-state index contributed by atoms with van der Waals surface area (Å²) in [5.41, 5.74) is 1.58. The number of rotatable bonds is 5. The van der Waals surface area contributed by atoms with Crippen LogP contribution in [0.25, 0.3) is 0 Å². The molecule has 0 aromatic heterocycles. The molecule has 0 aromatic rings. The highest BCUT2D eigenvalue weighted by Crippen LogP contribution is 2.65. The maximum atomic E-state index is 12.4. The average Bonchev–Trinajstić information content (AvgIpc) is 3.03. The van der Waals surface area contributed by atoms with E-state index in [0.717, 1.165) is 44.9 Å². The Balaban J connectivity index is 0.00000272. The number of hydrogen-bond acceptors (Lipinski definition) is 5. The fourth-order valence-corrected chi connectivity index (χ4v) is 7.30. The Morgan fingerprint density at radius 1 is 1.06 bits per heavy atom. The van der Waals surface area contributed by atoms with Crippen molar-refractivity contribution >= 4 is 17.7 Å². The molecule has 6 atom stereocenters. The van der Waals surface area contributed by atoms with Crippen LogP contribution in [0.2, 0.25) is 0 Å². The van der Waals surface area contributed by atoms with Gasteiger partial charge in [0.1, 0.15) is 12.6 Å². The van der Waals surface area contributed by atoms with Crippen molar-refractivity contribution in [1.29, 1.82) is 0 Å². The second-order valence-electron chi connectivity index (χ2n) is 10.4. The topological polar surface area (TPSA) is 84.5 Å². The highest BCUT2D eigenvalue weighted by molar-refractivity contribution is 5.91. The van der Waals surface area contributed by atoms with E-state index in [1.807, 2.05) is 6.08 Å². The van der Waals surface area contributed by atoms with Gasteiger partial charge in [-0.2, -0.15) is 0 Å². The third kappa shape index (κ3) is 4.20. The highest BCUT2D eigenvalue weighted by Gasteiger charge is 2.59. The molecule has 6 heteroatoms. The van der Waals surface area contributed by atoms with Crippen LogP contribution in [0.3, 0.4) is 0 Å². The second-order valence-corrected chi connectivity index (χ2v) is 10.4. The molecule has 0 radical (unpaired) electrons. The van der Waals surface area contributed by atoms with Crippen molar-refractivity contribution < 1.29 is 19.1 Å². The quantitative estimate of drug-likeness (QED) is 0.651. The second kappa shape index (κ2) is 9.05. The van der Waals surface area contributed by atoms with Gasteiger partial charge < -0.3 is 15.4 Å². The summed E-state index contributed by atoms with van der Waals surface area (Å²) in [5.74, 6) is 1.63. The van der Waals surface area contributed by atoms with E-state index in [0.29, 0.717) is 30.0 Å². The number of ether oxygens (including phenoxy) is 1. The zero-order chi connectivity index (χ0) is 21.5. The molecule has 0 spiro atoms. The van der Waals surface area contributed by atoms with E-state index < -0.39 is 0 Å². The normalized spacial score (nSPS) is 38.7. The third-order valence-electron chi connectivity index (χ3n) is 8.92. The van der Waals surface area contributed by atoms with Crippen LogP contribution < -0.4 is 10.6 Å². The standard InChI is InChI=1S/C24H36N2O4.CH4/c1-23-10-8-16(27)12-15(23)4-5-17-18-6-7-20(24(18,2)11-9-19(17)23)30-22(29)14-26-21(28)13-25-3;/h12,17-20,25H,4-11,13-14H2,1-3H3,(H,26,28);1H4. The van der Waals surface area contributed by atoms with Crippen molar-refractivity contribution in [2.45, 2.75) is 78.7 Å². The molecule has 0 aliphatic heterocycles. The first-order chi connectivity index (χ1) is 14.3. The minimum Gasteiger partial charge on any atom is -0.460 e. The van der Waals surface area contributed by atoms with Gasteiger partial charge in [-0.25, -0.2) is 0 Å². The Morgan fingerprint density at radius 3 is 2.58 bits per heavy atom. The molecule has 0 saturated heterocycles. The molecule has 0 heterocycles. The molecule has 0 aromatic carbocycles. The zero-order valence-electron chi connectivity index (χ0n) is 18.6. The Bertz CT molecular complexity index is 763. The van der Waals surface area contributed by atoms with Gasteiger partial charge in [-0.3, -0.25) is 14.4 Å². The smallest absolute Gasteiger partial charge is 0.325 e. The lowest BCUT2D eigenvalue weighted by Crippen LogP contribution is -2.52. The number of ketones is 1. The van der Waals surface area contributed by atoms with Crippen molar-refractivity contribution in [3.8, 4) is 0 Å². The molecule has 6 unspecified atom stereocenters. The lowest BCUT2D eigenvalue weighted by molar-refractivity contribution is -0.159. The van der Waals surface area contributed by atoms with E-state index in [2.05, 4.69) is 24.5 Å². The van der Waals surface area contributed by atoms with Gasteiger partial charge in [0.15, 0.2) is 5.78 Å². The Morgan fingerprint density at radius 2 is 1.84 bits per heavy atom. The van der Waals surface area contributed by atoms with Crippen molar-refractivity contribution in [2.75, 3.05) is 20.1 Å². The number of amides is 1. The lowest BCUT2D eigenvalue weighted by Gasteiger charge is -2.57. The maximum absolute atomic E-state index is 12.4. The molecule has 3 fully saturated rings. The molecule has 31 heavy (non-hydrogen) atoms. The monoisotopic (exact) mass is 432 g/mol. The summed E-state index contributed by atoms with van der Waals surface area (Å²) in [6.07, 6.45) is 10.0. The number of esters is 1. The van der Waals surface area contributed by atoms with Crippen LogP contribution >= 0.6 is 0 Å². The third-order valence-corrected chi connectivity index (χ3v) is 8.92. The van der Waals surface area contributed by atoms with Gasteiger partial charge in [0.2, 0.25) is 5.91 Å². The molecule has 174 valence electrons. The predicted molar refractivity (Wildman–Crippen MR) is 120 cm³/mol. The SMILES string of the molecule is C.CNCC(=O)NCC(=O)OC1CCC2C3CCC4=CC(=O)CCC4(C)C3CCC12C. The number of allylic oxidation sites excluding steroid dienone is 1. The van der Waals surface area contributed by atoms with Crippen molar-refractivity contribution in [3.05, 3.63) is 11.6 Å². The largest absolute Gasteiger partial charge is 0.460 e. The number of carbonyl (C=O) groups excluding carboxylic acids is 3. The summed E-state index contributed by atoms with van der Waals surface area (Å²) in [7, 11) is 1.70. The molecule has 4 rings (SSSR count). The molecular formula is C25H40N2O4. The maximum Gasteiger partial charge on any atom is 0.325 e. The summed E-state index contributed by atoms with van der Waals surface area (Å²) < 4.78 is 5.91. The van der Waals surface area contributed by atoms with Gasteiger partial charge in [-0.1, -0.05) is 26.8 Å². The van der Waals surface area contributed by atoms with E-state index in [1.165, 1.54) is 5.57 Å². The molecular weight excluding hydrogens is 392 g/mol. The minimum atomic E-state index is -0.333. The summed E-state index contributed by atoms with van der Waals surface area (Å²) in [4.78, 5) is 35.9. The number of nitrogens with one attached hydrogen (secondary N) is 2. The van der Waals surface area contributed by atoms with Crippen molar-refractivity contribution in [3.63, 3.8) is 0 Å². The summed E-state index contributed by atoms with van der Waals surface area (Å²) in [6, 6.07) is 0. The van der Waals surface area contributed by atoms with E-state index in [-0.39, 0.29) is 49.3 Å². The van der Waals surface area contributed by atoms with Gasteiger partial charge in [0, 0.05) is 11.8 Å². The minimum absolute atomic E-state index is 0. The van der Waals surface area contributed by atoms with Crippen LogP contribution in [-0.2, 0) is 19.1 Å². The van der Waals surface area contributed by atoms with E-state index in [4.69, 9.17) is 4.74 Å². The first kappa shape index (κ1) is 24.0. The number of carbonyl (C=O) groups is 3. The molecule has 4 aliphatic carbocycles. The number of fused-ring (bicyclic) bond motifs is 5. The van der Waals surface area contributed by atoms with Crippen LogP contribution in [0.4, 0.5) is 0 Å². The van der Waals surface area contributed by atoms with E-state index in [9.17, 15) is 14.4 Å². The van der Waals surface area contributed by atoms with E-state index >= 15 is 0 Å². The first-order valence-corrected chi connectivity index (χ1v) is 11.6. The van der Waals surface area contributed by atoms with Crippen molar-refractivity contribution in [1.82, 2.24) is 10.6 Å². The molecule has 1 amide bonds. The van der Waals surface area contributed by atoms with Crippen LogP contribution in [-0.4, -0.2) is 43.9 Å². The fraction of sp³-hybridized carbons (Fsp3) is 0.800. The van der Waals surface area contributed by atoms with Crippen molar-refractivity contribution in [2.24, 2.45) is 28.6 Å². The molecule has 3 saturated carbocycles. The number of likely N-dealkylation sites (N-methyl/N-ethyl adjacent to an activating group) is 1. The van der Waals surface area contributed by atoms with Crippen LogP contribution in [0.5, 0.6) is 0 Å². The van der Waals surface area contributed by atoms with Crippen LogP contribution in [0.1, 0.15) is 72.6 Å². The number of hydrogen-bond donors (Lipinski definition) is 2.